The van der Waals surface area contributed by atoms with Crippen LogP contribution in [0.4, 0.5) is 0 Å². The van der Waals surface area contributed by atoms with E-state index in [9.17, 15) is 4.79 Å². The van der Waals surface area contributed by atoms with Gasteiger partial charge in [0.2, 0.25) is 0 Å². The van der Waals surface area contributed by atoms with Gasteiger partial charge in [-0.3, -0.25) is 4.79 Å². The molecule has 0 saturated carbocycles. The lowest BCUT2D eigenvalue weighted by atomic mass is 10.0. The number of benzene rings is 1. The van der Waals surface area contributed by atoms with E-state index in [-0.39, 0.29) is 18.5 Å². The molecule has 0 fully saturated rings. The van der Waals surface area contributed by atoms with Gasteiger partial charge in [0.05, 0.1) is 26.2 Å². The molecule has 20 heavy (non-hydrogen) atoms. The minimum atomic E-state index is -0.422. The highest BCUT2D eigenvalue weighted by molar-refractivity contribution is 5.70. The van der Waals surface area contributed by atoms with E-state index in [0.717, 1.165) is 5.56 Å². The minimum Gasteiger partial charge on any atom is -0.490 e. The number of carbonyl (C=O) groups is 1. The van der Waals surface area contributed by atoms with Gasteiger partial charge in [0, 0.05) is 6.04 Å². The summed E-state index contributed by atoms with van der Waals surface area (Å²) in [4.78, 5) is 11.3. The molecule has 2 N–H and O–H groups in total. The number of methoxy groups -OCH3 is 1. The quantitative estimate of drug-likeness (QED) is 0.777. The fraction of sp³-hybridized carbons (Fsp3) is 0.533. The molecule has 0 spiro atoms. The minimum absolute atomic E-state index is 0.0591. The lowest BCUT2D eigenvalue weighted by Gasteiger charge is -2.17. The summed E-state index contributed by atoms with van der Waals surface area (Å²) in [6.07, 6.45) is 0.190. The maximum atomic E-state index is 11.3. The van der Waals surface area contributed by atoms with Gasteiger partial charge in [-0.1, -0.05) is 6.07 Å². The van der Waals surface area contributed by atoms with Crippen molar-refractivity contribution < 1.29 is 19.0 Å². The summed E-state index contributed by atoms with van der Waals surface area (Å²) in [6, 6.07) is 5.05. The van der Waals surface area contributed by atoms with E-state index >= 15 is 0 Å². The molecule has 1 rings (SSSR count). The highest BCUT2D eigenvalue weighted by Crippen LogP contribution is 2.31. The van der Waals surface area contributed by atoms with Crippen LogP contribution in [-0.4, -0.2) is 25.8 Å². The number of rotatable bonds is 7. The Kier molecular flexibility index (Phi) is 6.31. The molecule has 0 amide bonds. The van der Waals surface area contributed by atoms with E-state index in [1.807, 2.05) is 39.0 Å². The van der Waals surface area contributed by atoms with Gasteiger partial charge in [-0.25, -0.2) is 0 Å². The third kappa shape index (κ3) is 4.74. The third-order valence-corrected chi connectivity index (χ3v) is 2.67. The molecule has 0 aliphatic carbocycles. The summed E-state index contributed by atoms with van der Waals surface area (Å²) in [7, 11) is 1.35. The number of ether oxygens (including phenoxy) is 3. The normalized spacial score (nSPS) is 12.1. The van der Waals surface area contributed by atoms with Gasteiger partial charge in [-0.15, -0.1) is 0 Å². The first-order chi connectivity index (χ1) is 9.47. The maximum Gasteiger partial charge on any atom is 0.307 e. The molecule has 1 unspecified atom stereocenters. The zero-order chi connectivity index (χ0) is 15.1. The van der Waals surface area contributed by atoms with Crippen molar-refractivity contribution >= 4 is 5.97 Å². The fourth-order valence-corrected chi connectivity index (χ4v) is 1.76. The third-order valence-electron chi connectivity index (χ3n) is 2.67. The average molecular weight is 281 g/mol. The molecule has 0 aliphatic heterocycles. The monoisotopic (exact) mass is 281 g/mol. The molecular weight excluding hydrogens is 258 g/mol. The predicted octanol–water partition coefficient (Wildman–Crippen LogP) is 2.44. The second-order valence-corrected chi connectivity index (χ2v) is 4.69. The van der Waals surface area contributed by atoms with Crippen LogP contribution in [-0.2, 0) is 9.53 Å². The maximum absolute atomic E-state index is 11.3. The number of hydrogen-bond acceptors (Lipinski definition) is 5. The van der Waals surface area contributed by atoms with E-state index in [0.29, 0.717) is 18.1 Å². The van der Waals surface area contributed by atoms with Gasteiger partial charge < -0.3 is 19.9 Å². The van der Waals surface area contributed by atoms with Crippen LogP contribution in [0.1, 0.15) is 38.8 Å². The first-order valence-corrected chi connectivity index (χ1v) is 6.73. The first-order valence-electron chi connectivity index (χ1n) is 6.73. The summed E-state index contributed by atoms with van der Waals surface area (Å²) in [5.74, 6) is 0.979. The Morgan fingerprint density at radius 2 is 2.00 bits per heavy atom. The SMILES string of the molecule is CCOc1cc(C(N)CC(=O)OC)ccc1OC(C)C. The van der Waals surface area contributed by atoms with Crippen LogP contribution in [0.25, 0.3) is 0 Å². The zero-order valence-corrected chi connectivity index (χ0v) is 12.5. The number of nitrogens with two attached hydrogens (primary N) is 1. The van der Waals surface area contributed by atoms with E-state index in [1.165, 1.54) is 7.11 Å². The number of hydrogen-bond donors (Lipinski definition) is 1. The van der Waals surface area contributed by atoms with Crippen LogP contribution in [0, 0.1) is 0 Å². The van der Waals surface area contributed by atoms with Crippen LogP contribution in [0.2, 0.25) is 0 Å². The fourth-order valence-electron chi connectivity index (χ4n) is 1.76. The van der Waals surface area contributed by atoms with Crippen molar-refractivity contribution in [3.05, 3.63) is 23.8 Å². The molecule has 1 aromatic carbocycles. The topological polar surface area (TPSA) is 70.8 Å². The molecule has 0 saturated heterocycles. The zero-order valence-electron chi connectivity index (χ0n) is 12.5. The van der Waals surface area contributed by atoms with E-state index in [4.69, 9.17) is 15.2 Å². The second kappa shape index (κ2) is 7.75. The molecule has 1 atom stereocenters. The Morgan fingerprint density at radius 3 is 2.55 bits per heavy atom. The molecule has 0 aromatic heterocycles. The molecule has 5 heteroatoms. The summed E-state index contributed by atoms with van der Waals surface area (Å²) in [5.41, 5.74) is 6.81. The Balaban J connectivity index is 2.93. The largest absolute Gasteiger partial charge is 0.490 e. The molecule has 5 nitrogen and oxygen atoms in total. The molecule has 0 bridgehead atoms. The molecule has 0 aliphatic rings. The van der Waals surface area contributed by atoms with Crippen molar-refractivity contribution in [1.82, 2.24) is 0 Å². The van der Waals surface area contributed by atoms with Crippen LogP contribution >= 0.6 is 0 Å². The lowest BCUT2D eigenvalue weighted by molar-refractivity contribution is -0.141. The van der Waals surface area contributed by atoms with Crippen molar-refractivity contribution in [3.63, 3.8) is 0 Å². The summed E-state index contributed by atoms with van der Waals surface area (Å²) in [5, 5.41) is 0. The standard InChI is InChI=1S/C15H23NO4/c1-5-19-14-8-11(12(16)9-15(17)18-4)6-7-13(14)20-10(2)3/h6-8,10,12H,5,9,16H2,1-4H3. The van der Waals surface area contributed by atoms with E-state index in [1.54, 1.807) is 0 Å². The average Bonchev–Trinajstić information content (AvgIpc) is 2.40. The van der Waals surface area contributed by atoms with Crippen LogP contribution in [0.5, 0.6) is 11.5 Å². The summed E-state index contributed by atoms with van der Waals surface area (Å²) in [6.45, 7) is 6.34. The first kappa shape index (κ1) is 16.3. The Morgan fingerprint density at radius 1 is 1.30 bits per heavy atom. The predicted molar refractivity (Wildman–Crippen MR) is 76.9 cm³/mol. The molecule has 0 radical (unpaired) electrons. The van der Waals surface area contributed by atoms with Crippen molar-refractivity contribution in [3.8, 4) is 11.5 Å². The van der Waals surface area contributed by atoms with Gasteiger partial charge in [-0.2, -0.15) is 0 Å². The van der Waals surface area contributed by atoms with Gasteiger partial charge in [0.1, 0.15) is 0 Å². The van der Waals surface area contributed by atoms with Crippen LogP contribution < -0.4 is 15.2 Å². The number of carbonyl (C=O) groups excluding carboxylic acids is 1. The lowest BCUT2D eigenvalue weighted by Crippen LogP contribution is -2.16. The highest BCUT2D eigenvalue weighted by Gasteiger charge is 2.15. The number of esters is 1. The molecule has 112 valence electrons. The smallest absolute Gasteiger partial charge is 0.307 e. The van der Waals surface area contributed by atoms with Crippen molar-refractivity contribution in [2.75, 3.05) is 13.7 Å². The molecule has 0 heterocycles. The molecular formula is C15H23NO4. The Bertz CT molecular complexity index is 445. The Labute approximate surface area is 120 Å². The highest BCUT2D eigenvalue weighted by atomic mass is 16.5. The Hall–Kier alpha value is -1.75. The van der Waals surface area contributed by atoms with E-state index < -0.39 is 6.04 Å². The van der Waals surface area contributed by atoms with Crippen LogP contribution in [0.15, 0.2) is 18.2 Å². The van der Waals surface area contributed by atoms with Crippen molar-refractivity contribution in [1.29, 1.82) is 0 Å². The van der Waals surface area contributed by atoms with Gasteiger partial charge >= 0.3 is 5.97 Å². The summed E-state index contributed by atoms with van der Waals surface area (Å²) < 4.78 is 15.9. The van der Waals surface area contributed by atoms with Gasteiger partial charge in [0.25, 0.3) is 0 Å². The molecule has 1 aromatic rings. The second-order valence-electron chi connectivity index (χ2n) is 4.69. The van der Waals surface area contributed by atoms with Crippen LogP contribution in [0.3, 0.4) is 0 Å². The van der Waals surface area contributed by atoms with E-state index in [2.05, 4.69) is 4.74 Å². The van der Waals surface area contributed by atoms with Crippen molar-refractivity contribution in [2.24, 2.45) is 5.73 Å². The van der Waals surface area contributed by atoms with Crippen molar-refractivity contribution in [2.45, 2.75) is 39.3 Å². The van der Waals surface area contributed by atoms with Gasteiger partial charge in [-0.05, 0) is 38.5 Å². The van der Waals surface area contributed by atoms with Gasteiger partial charge in [0.15, 0.2) is 11.5 Å². The summed E-state index contributed by atoms with van der Waals surface area (Å²) >= 11 is 0.